The third-order valence-corrected chi connectivity index (χ3v) is 5.22. The van der Waals surface area contributed by atoms with Crippen molar-refractivity contribution in [1.29, 1.82) is 0 Å². The Morgan fingerprint density at radius 1 is 1.33 bits per heavy atom. The average molecular weight is 318 g/mol. The molecular formula is C12H18N2O6S. The Morgan fingerprint density at radius 2 is 1.90 bits per heavy atom. The first-order chi connectivity index (χ1) is 9.77. The molecule has 2 heterocycles. The molecule has 0 amide bonds. The van der Waals surface area contributed by atoms with Crippen molar-refractivity contribution in [3.8, 4) is 0 Å². The van der Waals surface area contributed by atoms with Crippen LogP contribution in [0, 0.1) is 0 Å². The molecule has 1 saturated heterocycles. The van der Waals surface area contributed by atoms with Crippen LogP contribution in [0.4, 0.5) is 0 Å². The number of aromatic nitrogens is 1. The van der Waals surface area contributed by atoms with Gasteiger partial charge in [0.2, 0.25) is 10.0 Å². The highest BCUT2D eigenvalue weighted by Crippen LogP contribution is 2.23. The Labute approximate surface area is 122 Å². The fourth-order valence-corrected chi connectivity index (χ4v) is 3.83. The fraction of sp³-hybridized carbons (Fsp3) is 0.583. The van der Waals surface area contributed by atoms with Crippen molar-refractivity contribution in [1.82, 2.24) is 8.87 Å². The van der Waals surface area contributed by atoms with Gasteiger partial charge in [-0.2, -0.15) is 4.31 Å². The zero-order valence-electron chi connectivity index (χ0n) is 11.5. The molecular weight excluding hydrogens is 300 g/mol. The second kappa shape index (κ2) is 5.76. The van der Waals surface area contributed by atoms with Gasteiger partial charge in [-0.05, 0) is 12.5 Å². The zero-order chi connectivity index (χ0) is 15.8. The number of aryl methyl sites for hydroxylation is 1. The van der Waals surface area contributed by atoms with Crippen LogP contribution < -0.4 is 0 Å². The highest BCUT2D eigenvalue weighted by molar-refractivity contribution is 7.89. The summed E-state index contributed by atoms with van der Waals surface area (Å²) in [5.74, 6) is -1.20. The number of carbonyl (C=O) groups is 1. The van der Waals surface area contributed by atoms with Crippen LogP contribution in [-0.4, -0.2) is 63.9 Å². The maximum Gasteiger partial charge on any atom is 0.352 e. The highest BCUT2D eigenvalue weighted by atomic mass is 32.2. The molecule has 1 aromatic heterocycles. The number of carboxylic acid groups (broad SMARTS) is 1. The number of β-amino-alcohol motifs (C(OH)–C–C–N with tert-alkyl or cyclic N) is 2. The average Bonchev–Trinajstić information content (AvgIpc) is 2.96. The Morgan fingerprint density at radius 3 is 2.38 bits per heavy atom. The van der Waals surface area contributed by atoms with Gasteiger partial charge in [0.25, 0.3) is 0 Å². The van der Waals surface area contributed by atoms with Crippen molar-refractivity contribution in [2.75, 3.05) is 13.1 Å². The fourth-order valence-electron chi connectivity index (χ4n) is 2.31. The molecule has 1 fully saturated rings. The summed E-state index contributed by atoms with van der Waals surface area (Å²) in [6.07, 6.45) is -0.317. The van der Waals surface area contributed by atoms with Crippen LogP contribution in [0.15, 0.2) is 17.2 Å². The largest absolute Gasteiger partial charge is 0.477 e. The van der Waals surface area contributed by atoms with Crippen LogP contribution in [0.2, 0.25) is 0 Å². The van der Waals surface area contributed by atoms with Gasteiger partial charge in [0.05, 0.1) is 12.2 Å². The summed E-state index contributed by atoms with van der Waals surface area (Å²) in [4.78, 5) is 11.0. The lowest BCUT2D eigenvalue weighted by Crippen LogP contribution is -2.29. The first kappa shape index (κ1) is 16.0. The Hall–Kier alpha value is -1.42. The van der Waals surface area contributed by atoms with Gasteiger partial charge in [0.1, 0.15) is 10.6 Å². The topological polar surface area (TPSA) is 120 Å². The van der Waals surface area contributed by atoms with Crippen LogP contribution in [0.25, 0.3) is 0 Å². The molecule has 0 aromatic carbocycles. The number of hydrogen-bond donors (Lipinski definition) is 3. The van der Waals surface area contributed by atoms with Crippen molar-refractivity contribution in [2.45, 2.75) is 37.0 Å². The summed E-state index contributed by atoms with van der Waals surface area (Å²) in [6, 6.07) is 1.10. The van der Waals surface area contributed by atoms with Gasteiger partial charge in [-0.15, -0.1) is 0 Å². The molecule has 1 aliphatic heterocycles. The molecule has 3 N–H and O–H groups in total. The first-order valence-corrected chi connectivity index (χ1v) is 8.01. The Kier molecular flexibility index (Phi) is 4.38. The number of rotatable bonds is 5. The number of nitrogens with zero attached hydrogens (tertiary/aromatic N) is 2. The lowest BCUT2D eigenvalue weighted by molar-refractivity contribution is 0.0572. The monoisotopic (exact) mass is 318 g/mol. The minimum atomic E-state index is -3.93. The normalized spacial score (nSPS) is 23.6. The van der Waals surface area contributed by atoms with Crippen LogP contribution in [0.3, 0.4) is 0 Å². The van der Waals surface area contributed by atoms with Gasteiger partial charge in [-0.1, -0.05) is 6.92 Å². The summed E-state index contributed by atoms with van der Waals surface area (Å²) in [5, 5.41) is 28.0. The van der Waals surface area contributed by atoms with E-state index in [4.69, 9.17) is 5.11 Å². The molecule has 21 heavy (non-hydrogen) atoms. The Bertz CT molecular complexity index is 628. The summed E-state index contributed by atoms with van der Waals surface area (Å²) in [6.45, 7) is 1.84. The quantitative estimate of drug-likeness (QED) is 0.662. The van der Waals surface area contributed by atoms with E-state index in [0.29, 0.717) is 13.0 Å². The number of carboxylic acids is 1. The van der Waals surface area contributed by atoms with Gasteiger partial charge < -0.3 is 19.9 Å². The number of aliphatic hydroxyl groups excluding tert-OH is 2. The predicted octanol–water partition coefficient (Wildman–Crippen LogP) is -0.678. The minimum absolute atomic E-state index is 0.101. The molecule has 0 radical (unpaired) electrons. The number of sulfonamides is 1. The van der Waals surface area contributed by atoms with E-state index >= 15 is 0 Å². The molecule has 2 atom stereocenters. The summed E-state index contributed by atoms with van der Waals surface area (Å²) >= 11 is 0. The van der Waals surface area contributed by atoms with Crippen molar-refractivity contribution in [3.05, 3.63) is 18.0 Å². The molecule has 1 aromatic rings. The van der Waals surface area contributed by atoms with Gasteiger partial charge >= 0.3 is 5.97 Å². The standard InChI is InChI=1S/C12H18N2O6S/c1-2-3-13-5-8(4-9(13)12(17)18)21(19,20)14-6-10(15)11(16)7-14/h4-5,10-11,15-16H,2-3,6-7H2,1H3,(H,17,18). The van der Waals surface area contributed by atoms with Crippen molar-refractivity contribution < 1.29 is 28.5 Å². The molecule has 0 aliphatic carbocycles. The number of hydrogen-bond acceptors (Lipinski definition) is 5. The molecule has 8 nitrogen and oxygen atoms in total. The maximum atomic E-state index is 12.4. The van der Waals surface area contributed by atoms with Crippen molar-refractivity contribution >= 4 is 16.0 Å². The molecule has 2 rings (SSSR count). The molecule has 9 heteroatoms. The van der Waals surface area contributed by atoms with Crippen LogP contribution in [-0.2, 0) is 16.6 Å². The van der Waals surface area contributed by atoms with E-state index in [-0.39, 0.29) is 23.7 Å². The molecule has 0 bridgehead atoms. The lowest BCUT2D eigenvalue weighted by Gasteiger charge is -2.14. The molecule has 1 aliphatic rings. The van der Waals surface area contributed by atoms with E-state index in [2.05, 4.69) is 0 Å². The van der Waals surface area contributed by atoms with Crippen molar-refractivity contribution in [3.63, 3.8) is 0 Å². The number of aromatic carboxylic acids is 1. The smallest absolute Gasteiger partial charge is 0.352 e. The molecule has 2 unspecified atom stereocenters. The first-order valence-electron chi connectivity index (χ1n) is 6.57. The van der Waals surface area contributed by atoms with Crippen LogP contribution >= 0.6 is 0 Å². The van der Waals surface area contributed by atoms with Crippen LogP contribution in [0.1, 0.15) is 23.8 Å². The highest BCUT2D eigenvalue weighted by Gasteiger charge is 2.38. The lowest BCUT2D eigenvalue weighted by atomic mass is 10.3. The third kappa shape index (κ3) is 2.95. The second-order valence-corrected chi connectivity index (χ2v) is 6.95. The van der Waals surface area contributed by atoms with E-state index in [0.717, 1.165) is 10.4 Å². The Balaban J connectivity index is 2.37. The predicted molar refractivity (Wildman–Crippen MR) is 72.5 cm³/mol. The maximum absolute atomic E-state index is 12.4. The van der Waals surface area contributed by atoms with Gasteiger partial charge in [0.15, 0.2) is 0 Å². The summed E-state index contributed by atoms with van der Waals surface area (Å²) in [7, 11) is -3.93. The van der Waals surface area contributed by atoms with Gasteiger partial charge in [-0.3, -0.25) is 0 Å². The molecule has 0 spiro atoms. The molecule has 118 valence electrons. The van der Waals surface area contributed by atoms with E-state index in [1.807, 2.05) is 6.92 Å². The van der Waals surface area contributed by atoms with Gasteiger partial charge in [-0.25, -0.2) is 13.2 Å². The van der Waals surface area contributed by atoms with E-state index < -0.39 is 28.2 Å². The van der Waals surface area contributed by atoms with Crippen molar-refractivity contribution in [2.24, 2.45) is 0 Å². The second-order valence-electron chi connectivity index (χ2n) is 5.02. The van der Waals surface area contributed by atoms with E-state index in [1.54, 1.807) is 0 Å². The third-order valence-electron chi connectivity index (χ3n) is 3.42. The van der Waals surface area contributed by atoms with E-state index in [1.165, 1.54) is 10.8 Å². The zero-order valence-corrected chi connectivity index (χ0v) is 12.3. The SMILES string of the molecule is CCCn1cc(S(=O)(=O)N2CC(O)C(O)C2)cc1C(=O)O. The number of aliphatic hydroxyl groups is 2. The summed E-state index contributed by atoms with van der Waals surface area (Å²) in [5.41, 5.74) is -0.101. The van der Waals surface area contributed by atoms with Gasteiger partial charge in [0, 0.05) is 25.8 Å². The van der Waals surface area contributed by atoms with Crippen LogP contribution in [0.5, 0.6) is 0 Å². The minimum Gasteiger partial charge on any atom is -0.477 e. The molecule has 0 saturated carbocycles. The summed E-state index contributed by atoms with van der Waals surface area (Å²) < 4.78 is 27.2. The van der Waals surface area contributed by atoms with E-state index in [9.17, 15) is 23.4 Å².